The van der Waals surface area contributed by atoms with E-state index in [4.69, 9.17) is 19.1 Å². The first kappa shape index (κ1) is 14.0. The Labute approximate surface area is 114 Å². The van der Waals surface area contributed by atoms with Crippen LogP contribution < -0.4 is 8.07 Å². The van der Waals surface area contributed by atoms with Gasteiger partial charge in [-0.05, 0) is 0 Å². The van der Waals surface area contributed by atoms with Crippen LogP contribution >= 0.6 is 24.9 Å². The molecule has 0 aliphatic heterocycles. The SMILES string of the molecule is O=[P](=O)[Pd]([Cl])([Cl])([c]1ccccc1)[c]1ccccc1. The summed E-state index contributed by atoms with van der Waals surface area (Å²) < 4.78 is 24.5. The topological polar surface area (TPSA) is 34.1 Å². The molecule has 0 heterocycles. The van der Waals surface area contributed by atoms with Crippen LogP contribution in [0.3, 0.4) is 0 Å². The van der Waals surface area contributed by atoms with Gasteiger partial charge in [0.05, 0.1) is 0 Å². The van der Waals surface area contributed by atoms with Crippen LogP contribution in [0.15, 0.2) is 60.7 Å². The Morgan fingerprint density at radius 2 is 1.06 bits per heavy atom. The molecular formula is C12H10Cl2O2PPd. The molecule has 2 aromatic rings. The van der Waals surface area contributed by atoms with Crippen LogP contribution in [0.1, 0.15) is 0 Å². The van der Waals surface area contributed by atoms with Gasteiger partial charge >= 0.3 is 115 Å². The summed E-state index contributed by atoms with van der Waals surface area (Å²) in [6.07, 6.45) is 0. The van der Waals surface area contributed by atoms with Crippen molar-refractivity contribution >= 4 is 33.0 Å². The van der Waals surface area contributed by atoms with E-state index < -0.39 is 17.6 Å². The average Bonchev–Trinajstić information content (AvgIpc) is 2.41. The fourth-order valence-electron chi connectivity index (χ4n) is 1.40. The summed E-state index contributed by atoms with van der Waals surface area (Å²) in [6.45, 7) is 0. The van der Waals surface area contributed by atoms with Crippen LogP contribution in [0.25, 0.3) is 0 Å². The van der Waals surface area contributed by atoms with Crippen molar-refractivity contribution in [3.05, 3.63) is 60.7 Å². The second-order valence-electron chi connectivity index (χ2n) is 3.32. The zero-order valence-electron chi connectivity index (χ0n) is 9.11. The molecular weight excluding hydrogens is 384 g/mol. The van der Waals surface area contributed by atoms with Gasteiger partial charge in [-0.25, -0.2) is 0 Å². The van der Waals surface area contributed by atoms with E-state index in [1.807, 2.05) is 0 Å². The molecule has 0 aromatic heterocycles. The molecule has 0 fully saturated rings. The van der Waals surface area contributed by atoms with E-state index in [9.17, 15) is 9.13 Å². The van der Waals surface area contributed by atoms with Gasteiger partial charge in [0, 0.05) is 0 Å². The van der Waals surface area contributed by atoms with Gasteiger partial charge in [-0.2, -0.15) is 0 Å². The van der Waals surface area contributed by atoms with Gasteiger partial charge in [0.25, 0.3) is 0 Å². The summed E-state index contributed by atoms with van der Waals surface area (Å²) in [7, 11) is 13.0. The normalized spacial score (nSPS) is 13.6. The maximum atomic E-state index is 11.8. The minimum absolute atomic E-state index is 0.470. The van der Waals surface area contributed by atoms with E-state index in [0.29, 0.717) is 8.07 Å². The van der Waals surface area contributed by atoms with Gasteiger partial charge < -0.3 is 0 Å². The van der Waals surface area contributed by atoms with Crippen LogP contribution in [0, 0.1) is 0 Å². The summed E-state index contributed by atoms with van der Waals surface area (Å²) in [5.74, 6) is -2.99. The molecule has 2 rings (SSSR count). The number of hydrogen-bond acceptors (Lipinski definition) is 2. The average molecular weight is 395 g/mol. The zero-order valence-corrected chi connectivity index (χ0v) is 13.1. The van der Waals surface area contributed by atoms with Gasteiger partial charge in [-0.15, -0.1) is 0 Å². The predicted molar refractivity (Wildman–Crippen MR) is 72.2 cm³/mol. The molecule has 0 bridgehead atoms. The minimum atomic E-state index is -4.57. The monoisotopic (exact) mass is 393 g/mol. The second-order valence-corrected chi connectivity index (χ2v) is 21.9. The molecule has 0 radical (unpaired) electrons. The molecule has 0 unspecified atom stereocenters. The molecule has 0 N–H and O–H groups in total. The molecule has 0 atom stereocenters. The molecule has 0 amide bonds. The molecule has 99 valence electrons. The third kappa shape index (κ3) is 2.11. The van der Waals surface area contributed by atoms with Gasteiger partial charge in [-0.3, -0.25) is 0 Å². The third-order valence-corrected chi connectivity index (χ3v) is 18.0. The van der Waals surface area contributed by atoms with E-state index in [-0.39, 0.29) is 0 Å². The van der Waals surface area contributed by atoms with Gasteiger partial charge in [0.15, 0.2) is 0 Å². The number of halogens is 2. The van der Waals surface area contributed by atoms with Crippen molar-refractivity contribution in [3.8, 4) is 0 Å². The molecule has 0 saturated heterocycles. The summed E-state index contributed by atoms with van der Waals surface area (Å²) >= 11 is -4.57. The summed E-state index contributed by atoms with van der Waals surface area (Å²) in [6, 6.07) is 17.2. The first-order valence-corrected chi connectivity index (χ1v) is 13.5. The Kier molecular flexibility index (Phi) is 3.83. The molecule has 18 heavy (non-hydrogen) atoms. The van der Waals surface area contributed by atoms with Crippen molar-refractivity contribution < 1.29 is 20.9 Å². The molecule has 6 heteroatoms. The summed E-state index contributed by atoms with van der Waals surface area (Å²) in [4.78, 5) is 0. The Morgan fingerprint density at radius 1 is 0.722 bits per heavy atom. The molecule has 0 spiro atoms. The van der Waals surface area contributed by atoms with Crippen LogP contribution in [0.2, 0.25) is 0 Å². The van der Waals surface area contributed by atoms with Crippen molar-refractivity contribution in [2.75, 3.05) is 0 Å². The zero-order chi connectivity index (χ0) is 13.3. The molecule has 2 aromatic carbocycles. The molecule has 0 saturated carbocycles. The van der Waals surface area contributed by atoms with E-state index >= 15 is 0 Å². The van der Waals surface area contributed by atoms with Crippen molar-refractivity contribution in [1.29, 1.82) is 0 Å². The van der Waals surface area contributed by atoms with Crippen molar-refractivity contribution in [3.63, 3.8) is 0 Å². The van der Waals surface area contributed by atoms with Gasteiger partial charge in [0.2, 0.25) is 0 Å². The number of hydrogen-bond donors (Lipinski definition) is 0. The van der Waals surface area contributed by atoms with E-state index in [0.717, 1.165) is 0 Å². The van der Waals surface area contributed by atoms with Gasteiger partial charge in [0.1, 0.15) is 0 Å². The number of rotatable bonds is 3. The third-order valence-electron chi connectivity index (χ3n) is 2.25. The fraction of sp³-hybridized carbons (Fsp3) is 0. The van der Waals surface area contributed by atoms with Crippen molar-refractivity contribution in [2.24, 2.45) is 0 Å². The first-order valence-electron chi connectivity index (χ1n) is 4.88. The van der Waals surface area contributed by atoms with Crippen molar-refractivity contribution in [2.45, 2.75) is 0 Å². The Balaban J connectivity index is 2.80. The standard InChI is InChI=1S/2C6H5.2ClH.O2P.Pd/c2*1-2-4-6-5-3-1;;;1-3-2;/h2*1-5H;2*1H;;/q;;;;;+2/p-2. The molecule has 0 aliphatic rings. The predicted octanol–water partition coefficient (Wildman–Crippen LogP) is 3.72. The maximum absolute atomic E-state index is 11.8. The van der Waals surface area contributed by atoms with Crippen LogP contribution in [-0.4, -0.2) is 0 Å². The Morgan fingerprint density at radius 3 is 1.33 bits per heavy atom. The number of benzene rings is 2. The molecule has 0 aliphatic carbocycles. The first-order chi connectivity index (χ1) is 8.46. The van der Waals surface area contributed by atoms with Crippen LogP contribution in [0.5, 0.6) is 0 Å². The quantitative estimate of drug-likeness (QED) is 0.587. The summed E-state index contributed by atoms with van der Waals surface area (Å²) in [5.41, 5.74) is 0. The van der Waals surface area contributed by atoms with E-state index in [1.165, 1.54) is 0 Å². The molecule has 2 nitrogen and oxygen atoms in total. The fourth-order valence-corrected chi connectivity index (χ4v) is 9.52. The summed E-state index contributed by atoms with van der Waals surface area (Å²) in [5, 5.41) is 0. The van der Waals surface area contributed by atoms with Crippen LogP contribution in [-0.2, 0) is 20.9 Å². The van der Waals surface area contributed by atoms with Crippen LogP contribution in [0.4, 0.5) is 0 Å². The van der Waals surface area contributed by atoms with E-state index in [2.05, 4.69) is 0 Å². The Hall–Kier alpha value is -0.418. The van der Waals surface area contributed by atoms with E-state index in [1.54, 1.807) is 60.7 Å². The second kappa shape index (κ2) is 4.93. The van der Waals surface area contributed by atoms with Crippen molar-refractivity contribution in [1.82, 2.24) is 0 Å². The van der Waals surface area contributed by atoms with Gasteiger partial charge in [-0.1, -0.05) is 0 Å². The Bertz CT molecular complexity index is 576.